The van der Waals surface area contributed by atoms with Gasteiger partial charge in [-0.25, -0.2) is 0 Å². The molecule has 3 nitrogen and oxygen atoms in total. The number of anilines is 3. The monoisotopic (exact) mass is 825 g/mol. The Labute approximate surface area is 372 Å². The summed E-state index contributed by atoms with van der Waals surface area (Å²) in [7, 11) is 0. The van der Waals surface area contributed by atoms with Gasteiger partial charge in [0.25, 0.3) is 6.71 Å². The third-order valence-electron chi connectivity index (χ3n) is 13.8. The Morgan fingerprint density at radius 1 is 0.484 bits per heavy atom. The third-order valence-corrected chi connectivity index (χ3v) is 14.9. The fourth-order valence-corrected chi connectivity index (χ4v) is 11.3. The number of benzene rings is 6. The van der Waals surface area contributed by atoms with Crippen LogP contribution >= 0.6 is 11.8 Å². The molecule has 0 fully saturated rings. The maximum atomic E-state index is 5.08. The largest absolute Gasteiger partial charge is 0.310 e. The summed E-state index contributed by atoms with van der Waals surface area (Å²) < 4.78 is 2.63. The van der Waals surface area contributed by atoms with Crippen molar-refractivity contribution in [2.45, 2.75) is 115 Å². The Morgan fingerprint density at radius 3 is 1.77 bits per heavy atom. The average molecular weight is 826 g/mol. The number of hydrogen-bond acceptors (Lipinski definition) is 3. The molecule has 0 aliphatic carbocycles. The Morgan fingerprint density at radius 2 is 1.10 bits per heavy atom. The second-order valence-corrected chi connectivity index (χ2v) is 23.3. The van der Waals surface area contributed by atoms with Crippen molar-refractivity contribution in [3.05, 3.63) is 144 Å². The van der Waals surface area contributed by atoms with Crippen LogP contribution in [0.1, 0.15) is 105 Å². The molecule has 5 heterocycles. The molecule has 0 atom stereocenters. The van der Waals surface area contributed by atoms with Gasteiger partial charge in [-0.3, -0.25) is 4.98 Å². The lowest BCUT2D eigenvalue weighted by molar-refractivity contribution is 0.588. The van der Waals surface area contributed by atoms with E-state index in [1.807, 2.05) is 11.8 Å². The van der Waals surface area contributed by atoms with E-state index in [0.717, 1.165) is 16.8 Å². The van der Waals surface area contributed by atoms with Gasteiger partial charge >= 0.3 is 0 Å². The lowest BCUT2D eigenvalue weighted by atomic mass is 9.33. The zero-order chi connectivity index (χ0) is 43.4. The summed E-state index contributed by atoms with van der Waals surface area (Å²) in [6.07, 6.45) is 2.08. The quantitative estimate of drug-likeness (QED) is 0.162. The molecule has 11 rings (SSSR count). The van der Waals surface area contributed by atoms with Crippen molar-refractivity contribution in [2.75, 3.05) is 4.90 Å². The van der Waals surface area contributed by atoms with Crippen molar-refractivity contribution in [3.63, 3.8) is 0 Å². The third kappa shape index (κ3) is 5.90. The van der Waals surface area contributed by atoms with Crippen LogP contribution in [0.3, 0.4) is 0 Å². The van der Waals surface area contributed by atoms with E-state index < -0.39 is 0 Å². The van der Waals surface area contributed by atoms with Gasteiger partial charge in [0.15, 0.2) is 0 Å². The lowest BCUT2D eigenvalue weighted by Crippen LogP contribution is -2.61. The molecule has 0 unspecified atom stereocenters. The van der Waals surface area contributed by atoms with Gasteiger partial charge in [-0.15, -0.1) is 0 Å². The standard InChI is InChI=1S/C57H56BN3S/c1-54(2,3)36-19-22-45-40(26-36)41-27-38(56(7,8)9)28-42-52(41)60(45)47-24-35(34-18-21-44(59-32-34)33-16-14-13-15-17-33)25-48-51(47)58(42)43-29-39(57(10,11)12)31-50-53(43)61(48)46-23-20-37(55(4,5)6)30-49(46)62-50/h13-32H,1-12H3. The average Bonchev–Trinajstić information content (AvgIpc) is 3.56. The minimum absolute atomic E-state index is 0.0161. The first-order valence-corrected chi connectivity index (χ1v) is 23.2. The highest BCUT2D eigenvalue weighted by Gasteiger charge is 2.46. The van der Waals surface area contributed by atoms with Crippen molar-refractivity contribution >= 4 is 73.7 Å². The maximum Gasteiger partial charge on any atom is 0.252 e. The molecule has 8 aromatic rings. The molecule has 0 amide bonds. The van der Waals surface area contributed by atoms with Crippen LogP contribution in [0.15, 0.2) is 131 Å². The van der Waals surface area contributed by atoms with E-state index in [9.17, 15) is 0 Å². The Kier molecular flexibility index (Phi) is 8.26. The van der Waals surface area contributed by atoms with Crippen LogP contribution in [0.25, 0.3) is 49.9 Å². The Balaban J connectivity index is 1.29. The van der Waals surface area contributed by atoms with Gasteiger partial charge in [0.05, 0.1) is 22.6 Å². The first-order valence-electron chi connectivity index (χ1n) is 22.4. The van der Waals surface area contributed by atoms with Crippen molar-refractivity contribution in [1.82, 2.24) is 9.55 Å². The molecule has 0 saturated heterocycles. The zero-order valence-corrected chi connectivity index (χ0v) is 39.2. The van der Waals surface area contributed by atoms with Crippen LogP contribution in [0.5, 0.6) is 0 Å². The molecular weight excluding hydrogens is 770 g/mol. The lowest BCUT2D eigenvalue weighted by Gasteiger charge is -2.45. The molecule has 0 bridgehead atoms. The molecule has 0 saturated carbocycles. The molecule has 3 aliphatic rings. The van der Waals surface area contributed by atoms with Gasteiger partial charge in [-0.1, -0.05) is 156 Å². The molecule has 6 aromatic carbocycles. The van der Waals surface area contributed by atoms with E-state index in [-0.39, 0.29) is 28.4 Å². The van der Waals surface area contributed by atoms with Crippen LogP contribution in [0, 0.1) is 0 Å². The summed E-state index contributed by atoms with van der Waals surface area (Å²) in [6.45, 7) is 28.2. The van der Waals surface area contributed by atoms with Crippen LogP contribution in [0.2, 0.25) is 0 Å². The SMILES string of the molecule is CC(C)(C)c1ccc2c(c1)Sc1cc(C(C)(C)C)cc3c1N2c1cc(-c2ccc(-c4ccccc4)nc2)cc2c1B3c1cc(C(C)(C)C)cc3c4cc(C(C)(C)C)ccc4n-2c13. The number of nitrogens with zero attached hydrogens (tertiary/aromatic N) is 3. The fourth-order valence-electron chi connectivity index (χ4n) is 10.2. The number of rotatable bonds is 2. The van der Waals surface area contributed by atoms with E-state index in [1.54, 1.807) is 0 Å². The zero-order valence-electron chi connectivity index (χ0n) is 38.4. The van der Waals surface area contributed by atoms with Gasteiger partial charge in [0, 0.05) is 54.8 Å². The van der Waals surface area contributed by atoms with Gasteiger partial charge < -0.3 is 9.47 Å². The second kappa shape index (κ2) is 13.0. The molecule has 0 spiro atoms. The van der Waals surface area contributed by atoms with Crippen LogP contribution in [0.4, 0.5) is 17.1 Å². The summed E-state index contributed by atoms with van der Waals surface area (Å²) in [5.41, 5.74) is 21.7. The van der Waals surface area contributed by atoms with Crippen LogP contribution in [-0.4, -0.2) is 16.3 Å². The van der Waals surface area contributed by atoms with Crippen molar-refractivity contribution < 1.29 is 0 Å². The number of hydrogen-bond donors (Lipinski definition) is 0. The molecule has 0 N–H and O–H groups in total. The van der Waals surface area contributed by atoms with Crippen molar-refractivity contribution in [3.8, 4) is 28.1 Å². The van der Waals surface area contributed by atoms with E-state index in [4.69, 9.17) is 4.98 Å². The molecule has 308 valence electrons. The summed E-state index contributed by atoms with van der Waals surface area (Å²) >= 11 is 1.96. The van der Waals surface area contributed by atoms with E-state index >= 15 is 0 Å². The first kappa shape index (κ1) is 39.3. The minimum atomic E-state index is -0.0421. The van der Waals surface area contributed by atoms with E-state index in [0.29, 0.717) is 0 Å². The highest BCUT2D eigenvalue weighted by molar-refractivity contribution is 7.99. The molecule has 5 heteroatoms. The first-order chi connectivity index (χ1) is 29.3. The van der Waals surface area contributed by atoms with Crippen LogP contribution < -0.4 is 21.3 Å². The predicted octanol–water partition coefficient (Wildman–Crippen LogP) is 13.8. The summed E-state index contributed by atoms with van der Waals surface area (Å²) in [5.74, 6) is 0. The van der Waals surface area contributed by atoms with Crippen LogP contribution in [-0.2, 0) is 21.7 Å². The normalized spacial score (nSPS) is 14.3. The highest BCUT2D eigenvalue weighted by atomic mass is 32.2. The summed E-state index contributed by atoms with van der Waals surface area (Å²) in [4.78, 5) is 10.4. The molecule has 2 aromatic heterocycles. The van der Waals surface area contributed by atoms with E-state index in [1.165, 1.54) is 98.6 Å². The van der Waals surface area contributed by atoms with Gasteiger partial charge in [-0.05, 0) is 120 Å². The number of pyridine rings is 1. The van der Waals surface area contributed by atoms with E-state index in [2.05, 4.69) is 214 Å². The van der Waals surface area contributed by atoms with Gasteiger partial charge in [0.2, 0.25) is 0 Å². The van der Waals surface area contributed by atoms with Crippen molar-refractivity contribution in [2.24, 2.45) is 0 Å². The predicted molar refractivity (Wildman–Crippen MR) is 268 cm³/mol. The number of aromatic nitrogens is 2. The smallest absolute Gasteiger partial charge is 0.252 e. The van der Waals surface area contributed by atoms with Crippen molar-refractivity contribution in [1.29, 1.82) is 0 Å². The number of fused-ring (bicyclic) bond motifs is 9. The molecule has 0 radical (unpaired) electrons. The Bertz CT molecular complexity index is 3180. The topological polar surface area (TPSA) is 21.1 Å². The summed E-state index contributed by atoms with van der Waals surface area (Å²) in [6, 6.07) is 44.5. The Hall–Kier alpha value is -5.52. The van der Waals surface area contributed by atoms with Gasteiger partial charge in [0.1, 0.15) is 0 Å². The maximum absolute atomic E-state index is 5.08. The second-order valence-electron chi connectivity index (χ2n) is 22.2. The molecular formula is C57H56BN3S. The molecule has 3 aliphatic heterocycles. The molecule has 62 heavy (non-hydrogen) atoms. The summed E-state index contributed by atoms with van der Waals surface area (Å²) in [5, 5.41) is 2.67. The van der Waals surface area contributed by atoms with Gasteiger partial charge in [-0.2, -0.15) is 0 Å². The fraction of sp³-hybridized carbons (Fsp3) is 0.281. The minimum Gasteiger partial charge on any atom is -0.310 e. The highest BCUT2D eigenvalue weighted by Crippen LogP contribution is 2.55.